The number of hydrogen-bond acceptors (Lipinski definition) is 6. The van der Waals surface area contributed by atoms with Crippen molar-refractivity contribution in [2.75, 3.05) is 26.2 Å². The van der Waals surface area contributed by atoms with E-state index < -0.39 is 17.6 Å². The molecule has 1 saturated heterocycles. The molecule has 0 radical (unpaired) electrons. The van der Waals surface area contributed by atoms with Gasteiger partial charge in [-0.3, -0.25) is 9.69 Å². The average Bonchev–Trinajstić information content (AvgIpc) is 2.36. The number of amides is 1. The summed E-state index contributed by atoms with van der Waals surface area (Å²) < 4.78 is 10.4. The molecule has 0 aromatic carbocycles. The predicted octanol–water partition coefficient (Wildman–Crippen LogP) is 1.45. The standard InChI is InChI=1S/C16H28N2O5/c1-7-22-14(20)13(12(3)19)17-8-9-18(11(2)10-17)15(21)23-16(4,5)6/h11,13H,7-10H2,1-6H3/t11-,13?/m1/s1. The SMILES string of the molecule is CCOC(=O)C(C(C)=O)N1CCN(C(=O)OC(C)(C)C)[C@H](C)C1. The zero-order valence-corrected chi connectivity index (χ0v) is 14.9. The van der Waals surface area contributed by atoms with E-state index in [1.807, 2.05) is 27.7 Å². The molecular formula is C16H28N2O5. The van der Waals surface area contributed by atoms with Gasteiger partial charge in [0, 0.05) is 25.7 Å². The van der Waals surface area contributed by atoms with Gasteiger partial charge in [0.25, 0.3) is 0 Å². The second kappa shape index (κ2) is 7.77. The van der Waals surface area contributed by atoms with Crippen LogP contribution >= 0.6 is 0 Å². The highest BCUT2D eigenvalue weighted by Gasteiger charge is 2.38. The van der Waals surface area contributed by atoms with Crippen LogP contribution in [0.3, 0.4) is 0 Å². The fraction of sp³-hybridized carbons (Fsp3) is 0.812. The van der Waals surface area contributed by atoms with Crippen molar-refractivity contribution in [3.8, 4) is 0 Å². The maximum Gasteiger partial charge on any atom is 0.410 e. The van der Waals surface area contributed by atoms with Crippen LogP contribution in [0.5, 0.6) is 0 Å². The van der Waals surface area contributed by atoms with Gasteiger partial charge in [0.15, 0.2) is 11.8 Å². The van der Waals surface area contributed by atoms with E-state index in [0.717, 1.165) is 0 Å². The number of hydrogen-bond donors (Lipinski definition) is 0. The molecule has 7 nitrogen and oxygen atoms in total. The fourth-order valence-electron chi connectivity index (χ4n) is 2.61. The van der Waals surface area contributed by atoms with Crippen molar-refractivity contribution < 1.29 is 23.9 Å². The second-order valence-electron chi connectivity index (χ2n) is 6.78. The van der Waals surface area contributed by atoms with Crippen molar-refractivity contribution in [2.45, 2.75) is 59.2 Å². The van der Waals surface area contributed by atoms with E-state index in [1.165, 1.54) is 6.92 Å². The highest BCUT2D eigenvalue weighted by molar-refractivity contribution is 6.01. The first-order chi connectivity index (χ1) is 10.6. The normalized spacial score (nSPS) is 20.8. The Hall–Kier alpha value is -1.63. The number of ketones is 1. The fourth-order valence-corrected chi connectivity index (χ4v) is 2.61. The van der Waals surface area contributed by atoms with Gasteiger partial charge in [0.2, 0.25) is 0 Å². The minimum atomic E-state index is -0.904. The van der Waals surface area contributed by atoms with Crippen molar-refractivity contribution >= 4 is 17.8 Å². The number of Topliss-reactive ketones (excluding diaryl/α,β-unsaturated/α-hetero) is 1. The lowest BCUT2D eigenvalue weighted by atomic mass is 10.1. The van der Waals surface area contributed by atoms with Gasteiger partial charge in [-0.15, -0.1) is 0 Å². The summed E-state index contributed by atoms with van der Waals surface area (Å²) in [6.07, 6.45) is -0.375. The van der Waals surface area contributed by atoms with Gasteiger partial charge in [-0.2, -0.15) is 0 Å². The summed E-state index contributed by atoms with van der Waals surface area (Å²) in [4.78, 5) is 39.4. The Bertz CT molecular complexity index is 458. The molecule has 1 heterocycles. The smallest absolute Gasteiger partial charge is 0.410 e. The third-order valence-electron chi connectivity index (χ3n) is 3.55. The molecule has 1 rings (SSSR count). The van der Waals surface area contributed by atoms with E-state index in [4.69, 9.17) is 9.47 Å². The van der Waals surface area contributed by atoms with Crippen molar-refractivity contribution in [1.29, 1.82) is 0 Å². The minimum absolute atomic E-state index is 0.158. The number of carbonyl (C=O) groups excluding carboxylic acids is 3. The van der Waals surface area contributed by atoms with Gasteiger partial charge >= 0.3 is 12.1 Å². The first-order valence-corrected chi connectivity index (χ1v) is 7.97. The molecule has 1 amide bonds. The first-order valence-electron chi connectivity index (χ1n) is 7.97. The Morgan fingerprint density at radius 1 is 1.22 bits per heavy atom. The van der Waals surface area contributed by atoms with Gasteiger partial charge in [-0.25, -0.2) is 9.59 Å². The molecule has 1 unspecified atom stereocenters. The van der Waals surface area contributed by atoms with Crippen molar-refractivity contribution in [2.24, 2.45) is 0 Å². The molecule has 1 fully saturated rings. The second-order valence-corrected chi connectivity index (χ2v) is 6.78. The van der Waals surface area contributed by atoms with Crippen LogP contribution in [0.25, 0.3) is 0 Å². The number of piperazine rings is 1. The third kappa shape index (κ3) is 5.49. The van der Waals surface area contributed by atoms with Gasteiger partial charge < -0.3 is 14.4 Å². The van der Waals surface area contributed by atoms with Crippen molar-refractivity contribution in [1.82, 2.24) is 9.80 Å². The molecule has 1 aliphatic rings. The zero-order chi connectivity index (χ0) is 17.8. The molecular weight excluding hydrogens is 300 g/mol. The predicted molar refractivity (Wildman–Crippen MR) is 85.1 cm³/mol. The molecule has 0 N–H and O–H groups in total. The Morgan fingerprint density at radius 2 is 1.83 bits per heavy atom. The number of nitrogens with zero attached hydrogens (tertiary/aromatic N) is 2. The molecule has 0 aromatic heterocycles. The lowest BCUT2D eigenvalue weighted by Gasteiger charge is -2.41. The maximum atomic E-state index is 12.2. The van der Waals surface area contributed by atoms with Crippen LogP contribution in [0.4, 0.5) is 4.79 Å². The average molecular weight is 328 g/mol. The summed E-state index contributed by atoms with van der Waals surface area (Å²) in [5.41, 5.74) is -0.555. The Labute approximate surface area is 137 Å². The Kier molecular flexibility index (Phi) is 6.56. The van der Waals surface area contributed by atoms with Gasteiger partial charge in [0.1, 0.15) is 5.60 Å². The van der Waals surface area contributed by atoms with Crippen LogP contribution in [0.1, 0.15) is 41.5 Å². The van der Waals surface area contributed by atoms with Crippen LogP contribution in [0.15, 0.2) is 0 Å². The van der Waals surface area contributed by atoms with Crippen LogP contribution in [0.2, 0.25) is 0 Å². The molecule has 7 heteroatoms. The molecule has 132 valence electrons. The van der Waals surface area contributed by atoms with Gasteiger partial charge in [0.05, 0.1) is 6.61 Å². The quantitative estimate of drug-likeness (QED) is 0.574. The number of rotatable bonds is 4. The van der Waals surface area contributed by atoms with Crippen LogP contribution < -0.4 is 0 Å². The molecule has 0 aliphatic carbocycles. The van der Waals surface area contributed by atoms with Crippen LogP contribution in [-0.2, 0) is 19.1 Å². The lowest BCUT2D eigenvalue weighted by molar-refractivity contribution is -0.154. The molecule has 2 atom stereocenters. The van der Waals surface area contributed by atoms with Crippen molar-refractivity contribution in [3.63, 3.8) is 0 Å². The Balaban J connectivity index is 2.75. The Morgan fingerprint density at radius 3 is 2.26 bits per heavy atom. The summed E-state index contributed by atoms with van der Waals surface area (Å²) in [6, 6.07) is -1.06. The monoisotopic (exact) mass is 328 g/mol. The first kappa shape index (κ1) is 19.4. The molecule has 0 spiro atoms. The minimum Gasteiger partial charge on any atom is -0.464 e. The maximum absolute atomic E-state index is 12.2. The van der Waals surface area contributed by atoms with Gasteiger partial charge in [-0.05, 0) is 41.5 Å². The summed E-state index contributed by atoms with van der Waals surface area (Å²) in [6.45, 7) is 11.9. The number of esters is 1. The van der Waals surface area contributed by atoms with E-state index in [9.17, 15) is 14.4 Å². The van der Waals surface area contributed by atoms with E-state index in [0.29, 0.717) is 19.6 Å². The molecule has 0 saturated carbocycles. The van der Waals surface area contributed by atoms with E-state index in [1.54, 1.807) is 16.7 Å². The summed E-state index contributed by atoms with van der Waals surface area (Å²) in [5.74, 6) is -0.778. The molecule has 0 bridgehead atoms. The van der Waals surface area contributed by atoms with Gasteiger partial charge in [-0.1, -0.05) is 0 Å². The van der Waals surface area contributed by atoms with E-state index >= 15 is 0 Å². The van der Waals surface area contributed by atoms with Crippen LogP contribution in [0, 0.1) is 0 Å². The summed E-state index contributed by atoms with van der Waals surface area (Å²) in [7, 11) is 0. The lowest BCUT2D eigenvalue weighted by Crippen LogP contribution is -2.60. The number of carbonyl (C=O) groups is 3. The molecule has 1 aliphatic heterocycles. The van der Waals surface area contributed by atoms with Crippen LogP contribution in [-0.4, -0.2) is 71.6 Å². The van der Waals surface area contributed by atoms with E-state index in [-0.39, 0.29) is 24.5 Å². The molecule has 0 aromatic rings. The summed E-state index contributed by atoms with van der Waals surface area (Å²) in [5, 5.41) is 0. The van der Waals surface area contributed by atoms with Crippen molar-refractivity contribution in [3.05, 3.63) is 0 Å². The van der Waals surface area contributed by atoms with E-state index in [2.05, 4.69) is 0 Å². The number of ether oxygens (including phenoxy) is 2. The highest BCUT2D eigenvalue weighted by atomic mass is 16.6. The largest absolute Gasteiger partial charge is 0.464 e. The zero-order valence-electron chi connectivity index (χ0n) is 14.9. The summed E-state index contributed by atoms with van der Waals surface area (Å²) >= 11 is 0. The molecule has 23 heavy (non-hydrogen) atoms. The highest BCUT2D eigenvalue weighted by Crippen LogP contribution is 2.18. The third-order valence-corrected chi connectivity index (χ3v) is 3.55. The topological polar surface area (TPSA) is 76.2 Å².